The fourth-order valence-corrected chi connectivity index (χ4v) is 6.35. The van der Waals surface area contributed by atoms with E-state index in [0.717, 1.165) is 49.5 Å². The quantitative estimate of drug-likeness (QED) is 0.194. The molecule has 1 aliphatic rings. The molecule has 7 rings (SSSR count). The van der Waals surface area contributed by atoms with Crippen molar-refractivity contribution in [1.82, 2.24) is 35.1 Å². The number of halogens is 2. The smallest absolute Gasteiger partial charge is 0.276 e. The van der Waals surface area contributed by atoms with Gasteiger partial charge in [0.25, 0.3) is 11.8 Å². The summed E-state index contributed by atoms with van der Waals surface area (Å²) in [7, 11) is 3.40. The number of fused-ring (bicyclic) bond motifs is 2. The summed E-state index contributed by atoms with van der Waals surface area (Å²) in [4.78, 5) is 53.0. The van der Waals surface area contributed by atoms with Gasteiger partial charge in [0.15, 0.2) is 11.4 Å². The molecule has 1 saturated heterocycles. The van der Waals surface area contributed by atoms with Crippen LogP contribution in [-0.2, 0) is 45.1 Å². The first-order chi connectivity index (χ1) is 26.5. The van der Waals surface area contributed by atoms with Gasteiger partial charge in [-0.2, -0.15) is 10.2 Å². The minimum absolute atomic E-state index is 0.109. The predicted octanol–water partition coefficient (Wildman–Crippen LogP) is 4.36. The molecule has 2 amide bonds. The van der Waals surface area contributed by atoms with Crippen LogP contribution in [0.15, 0.2) is 94.5 Å². The minimum atomic E-state index is -0.549. The van der Waals surface area contributed by atoms with Crippen LogP contribution in [0.2, 0.25) is 10.0 Å². The Kier molecular flexibility index (Phi) is 12.7. The van der Waals surface area contributed by atoms with Gasteiger partial charge in [0.2, 0.25) is 10.9 Å². The second-order valence-corrected chi connectivity index (χ2v) is 13.8. The van der Waals surface area contributed by atoms with E-state index in [2.05, 4.69) is 25.7 Å². The Bertz CT molecular complexity index is 2460. The maximum Gasteiger partial charge on any atom is 0.276 e. The average molecular weight is 785 g/mol. The number of carbonyl (C=O) groups is 2. The Balaban J connectivity index is 0.000000190. The van der Waals surface area contributed by atoms with Crippen molar-refractivity contribution in [2.45, 2.75) is 26.2 Å². The molecule has 0 unspecified atom stereocenters. The summed E-state index contributed by atoms with van der Waals surface area (Å²) in [6, 6.07) is 24.9. The summed E-state index contributed by atoms with van der Waals surface area (Å²) in [6.45, 7) is 4.28. The largest absolute Gasteiger partial charge is 0.392 e. The lowest BCUT2D eigenvalue weighted by atomic mass is 10.1. The van der Waals surface area contributed by atoms with Gasteiger partial charge in [0, 0.05) is 56.9 Å². The number of ether oxygens (including phenoxy) is 1. The van der Waals surface area contributed by atoms with E-state index in [1.54, 1.807) is 73.4 Å². The van der Waals surface area contributed by atoms with E-state index in [9.17, 15) is 24.3 Å². The first kappa shape index (κ1) is 39.3. The Morgan fingerprint density at radius 1 is 0.673 bits per heavy atom. The number of aromatic nitrogens is 4. The Morgan fingerprint density at radius 2 is 1.09 bits per heavy atom. The van der Waals surface area contributed by atoms with Gasteiger partial charge >= 0.3 is 0 Å². The van der Waals surface area contributed by atoms with Gasteiger partial charge in [-0.25, -0.2) is 0 Å². The molecule has 284 valence electrons. The molecule has 0 radical (unpaired) electrons. The molecule has 6 aromatic rings. The van der Waals surface area contributed by atoms with Gasteiger partial charge in [-0.15, -0.1) is 0 Å². The van der Waals surface area contributed by atoms with Gasteiger partial charge in [0.05, 0.1) is 41.6 Å². The highest BCUT2D eigenvalue weighted by Crippen LogP contribution is 2.16. The van der Waals surface area contributed by atoms with Crippen LogP contribution in [0.1, 0.15) is 43.2 Å². The molecule has 15 heteroatoms. The summed E-state index contributed by atoms with van der Waals surface area (Å²) < 4.78 is 8.45. The van der Waals surface area contributed by atoms with Crippen molar-refractivity contribution in [3.8, 4) is 0 Å². The molecule has 3 N–H and O–H groups in total. The maximum atomic E-state index is 13.0. The normalized spacial score (nSPS) is 13.0. The number of carbonyl (C=O) groups excluding carboxylic acids is 2. The number of nitrogens with one attached hydrogen (secondary N) is 2. The van der Waals surface area contributed by atoms with Crippen LogP contribution in [0.3, 0.4) is 0 Å². The van der Waals surface area contributed by atoms with Gasteiger partial charge in [-0.05, 0) is 70.8 Å². The molecule has 0 bridgehead atoms. The van der Waals surface area contributed by atoms with Crippen molar-refractivity contribution in [3.63, 3.8) is 0 Å². The molecule has 55 heavy (non-hydrogen) atoms. The summed E-state index contributed by atoms with van der Waals surface area (Å²) in [5, 5.41) is 25.1. The lowest BCUT2D eigenvalue weighted by molar-refractivity contribution is 0.0342. The highest BCUT2D eigenvalue weighted by molar-refractivity contribution is 6.30. The number of benzene rings is 4. The van der Waals surface area contributed by atoms with Crippen molar-refractivity contribution in [2.75, 3.05) is 26.3 Å². The highest BCUT2D eigenvalue weighted by Gasteiger charge is 2.19. The number of morpholine rings is 1. The van der Waals surface area contributed by atoms with E-state index >= 15 is 0 Å². The second kappa shape index (κ2) is 17.8. The monoisotopic (exact) mass is 783 g/mol. The number of hydrogen-bond donors (Lipinski definition) is 3. The molecule has 1 aliphatic heterocycles. The third-order valence-electron chi connectivity index (χ3n) is 9.09. The molecular weight excluding hydrogens is 745 g/mol. The fraction of sp³-hybridized carbons (Fsp3) is 0.250. The number of aryl methyl sites for hydroxylation is 2. The zero-order valence-corrected chi connectivity index (χ0v) is 31.7. The Morgan fingerprint density at radius 3 is 1.55 bits per heavy atom. The van der Waals surface area contributed by atoms with Crippen molar-refractivity contribution in [2.24, 2.45) is 14.1 Å². The van der Waals surface area contributed by atoms with Gasteiger partial charge < -0.3 is 20.5 Å². The number of aliphatic hydroxyl groups excluding tert-OH is 1. The molecular formula is C40H39Cl2N7O6. The zero-order valence-electron chi connectivity index (χ0n) is 30.2. The number of amides is 2. The molecule has 4 aromatic carbocycles. The van der Waals surface area contributed by atoms with Crippen LogP contribution in [0.4, 0.5) is 0 Å². The van der Waals surface area contributed by atoms with E-state index in [-0.39, 0.29) is 36.5 Å². The molecule has 0 atom stereocenters. The van der Waals surface area contributed by atoms with Crippen molar-refractivity contribution < 1.29 is 19.4 Å². The van der Waals surface area contributed by atoms with Gasteiger partial charge in [0.1, 0.15) is 0 Å². The minimum Gasteiger partial charge on any atom is -0.392 e. The maximum absolute atomic E-state index is 13.0. The third-order valence-corrected chi connectivity index (χ3v) is 9.60. The number of nitrogens with zero attached hydrogens (tertiary/aromatic N) is 5. The third kappa shape index (κ3) is 9.63. The molecule has 0 aliphatic carbocycles. The summed E-state index contributed by atoms with van der Waals surface area (Å²) in [5.74, 6) is -1.04. The SMILES string of the molecule is Cn1nc(C(=O)NCc2ccc(Cl)cc2)c(=O)c2cc(CN3CCOCC3)ccc21.Cn1nc(C(=O)NCc2ccc(Cl)cc2)c(=O)c2cc(CO)ccc21. The number of hydrogen-bond acceptors (Lipinski definition) is 9. The van der Waals surface area contributed by atoms with Crippen LogP contribution < -0.4 is 21.5 Å². The second-order valence-electron chi connectivity index (χ2n) is 13.0. The fourth-order valence-electron chi connectivity index (χ4n) is 6.10. The molecule has 0 saturated carbocycles. The summed E-state index contributed by atoms with van der Waals surface area (Å²) >= 11 is 11.7. The predicted molar refractivity (Wildman–Crippen MR) is 211 cm³/mol. The van der Waals surface area contributed by atoms with Crippen molar-refractivity contribution in [3.05, 3.63) is 149 Å². The van der Waals surface area contributed by atoms with Crippen LogP contribution >= 0.6 is 23.2 Å². The number of rotatable bonds is 9. The summed E-state index contributed by atoms with van der Waals surface area (Å²) in [5.41, 5.74) is 3.55. The van der Waals surface area contributed by atoms with Gasteiger partial charge in [-0.1, -0.05) is 59.6 Å². The van der Waals surface area contributed by atoms with Crippen molar-refractivity contribution in [1.29, 1.82) is 0 Å². The Labute approximate surface area is 326 Å². The van der Waals surface area contributed by atoms with E-state index in [4.69, 9.17) is 27.9 Å². The first-order valence-corrected chi connectivity index (χ1v) is 18.2. The van der Waals surface area contributed by atoms with E-state index < -0.39 is 17.2 Å². The standard InChI is InChI=1S/C22H23ClN4O3.C18H16ClN3O3/c1-26-19-7-4-16(14-27-8-10-30-11-9-27)12-18(19)21(28)20(25-26)22(29)24-13-15-2-5-17(23)6-3-15;1-22-15-7-4-12(10-23)8-14(15)17(24)16(21-22)18(25)20-9-11-2-5-13(19)6-3-11/h2-7,12H,8-11,13-14H2,1H3,(H,24,29);2-8,23H,9-10H2,1H3,(H,20,25). The lowest BCUT2D eigenvalue weighted by Gasteiger charge is -2.26. The topological polar surface area (TPSA) is 161 Å². The van der Waals surface area contributed by atoms with Crippen LogP contribution in [-0.4, -0.2) is 67.7 Å². The van der Waals surface area contributed by atoms with Crippen LogP contribution in [0.25, 0.3) is 21.8 Å². The molecule has 0 spiro atoms. The lowest BCUT2D eigenvalue weighted by Crippen LogP contribution is -2.35. The van der Waals surface area contributed by atoms with Crippen LogP contribution in [0, 0.1) is 0 Å². The number of aliphatic hydroxyl groups is 1. The Hall–Kier alpha value is -5.44. The van der Waals surface area contributed by atoms with E-state index in [0.29, 0.717) is 37.4 Å². The molecule has 2 aromatic heterocycles. The average Bonchev–Trinajstić information content (AvgIpc) is 3.20. The molecule has 13 nitrogen and oxygen atoms in total. The van der Waals surface area contributed by atoms with Gasteiger partial charge in [-0.3, -0.25) is 33.4 Å². The highest BCUT2D eigenvalue weighted by atomic mass is 35.5. The van der Waals surface area contributed by atoms with Crippen molar-refractivity contribution >= 4 is 56.8 Å². The first-order valence-electron chi connectivity index (χ1n) is 17.5. The van der Waals surface area contributed by atoms with Crippen LogP contribution in [0.5, 0.6) is 0 Å². The molecule has 1 fully saturated rings. The zero-order chi connectivity index (χ0) is 39.1. The van der Waals surface area contributed by atoms with E-state index in [1.807, 2.05) is 30.3 Å². The summed E-state index contributed by atoms with van der Waals surface area (Å²) in [6.07, 6.45) is 0. The molecule has 3 heterocycles. The van der Waals surface area contributed by atoms with E-state index in [1.165, 1.54) is 4.68 Å².